The van der Waals surface area contributed by atoms with Crippen molar-refractivity contribution in [1.29, 1.82) is 0 Å². The molecular weight excluding hydrogens is 309 g/mol. The van der Waals surface area contributed by atoms with E-state index in [0.29, 0.717) is 18.5 Å². The Morgan fingerprint density at radius 3 is 3.00 bits per heavy atom. The van der Waals surface area contributed by atoms with Gasteiger partial charge in [-0.3, -0.25) is 9.58 Å². The van der Waals surface area contributed by atoms with Crippen molar-refractivity contribution in [3.05, 3.63) is 47.5 Å². The van der Waals surface area contributed by atoms with Gasteiger partial charge in [-0.15, -0.1) is 0 Å². The van der Waals surface area contributed by atoms with Gasteiger partial charge in [-0.05, 0) is 31.9 Å². The predicted octanol–water partition coefficient (Wildman–Crippen LogP) is 2.66. The molecule has 1 fully saturated rings. The first-order chi connectivity index (χ1) is 11.6. The molecule has 1 aromatic carbocycles. The number of aliphatic hydroxyl groups excluding tert-OH is 1. The first-order valence-corrected chi connectivity index (χ1v) is 8.30. The molecule has 1 aliphatic rings. The second-order valence-electron chi connectivity index (χ2n) is 6.40. The van der Waals surface area contributed by atoms with E-state index in [2.05, 4.69) is 10.00 Å². The third-order valence-electron chi connectivity index (χ3n) is 4.74. The molecule has 0 aliphatic carbocycles. The molecule has 3 rings (SSSR count). The van der Waals surface area contributed by atoms with Gasteiger partial charge in [0.05, 0.1) is 19.4 Å². The van der Waals surface area contributed by atoms with Crippen molar-refractivity contribution in [3.8, 4) is 5.75 Å². The second-order valence-corrected chi connectivity index (χ2v) is 6.40. The Morgan fingerprint density at radius 2 is 2.29 bits per heavy atom. The topological polar surface area (TPSA) is 50.5 Å². The van der Waals surface area contributed by atoms with Crippen molar-refractivity contribution in [2.45, 2.75) is 38.0 Å². The number of hydrogen-bond donors (Lipinski definition) is 1. The first kappa shape index (κ1) is 16.9. The highest BCUT2D eigenvalue weighted by Crippen LogP contribution is 2.30. The van der Waals surface area contributed by atoms with Crippen LogP contribution in [0, 0.1) is 5.82 Å². The zero-order chi connectivity index (χ0) is 17.1. The van der Waals surface area contributed by atoms with Gasteiger partial charge < -0.3 is 9.84 Å². The molecule has 5 nitrogen and oxygen atoms in total. The summed E-state index contributed by atoms with van der Waals surface area (Å²) < 4.78 is 21.1. The molecule has 2 aromatic rings. The molecule has 0 spiro atoms. The number of aromatic nitrogens is 2. The van der Waals surface area contributed by atoms with E-state index in [1.807, 2.05) is 19.3 Å². The van der Waals surface area contributed by atoms with Crippen LogP contribution in [0.15, 0.2) is 30.6 Å². The minimum absolute atomic E-state index is 0.241. The van der Waals surface area contributed by atoms with Gasteiger partial charge in [0.1, 0.15) is 0 Å². The van der Waals surface area contributed by atoms with Crippen molar-refractivity contribution in [3.63, 3.8) is 0 Å². The van der Waals surface area contributed by atoms with Crippen molar-refractivity contribution >= 4 is 0 Å². The number of benzene rings is 1. The SMILES string of the molecule is COc1cccc(CN2CCCC2CC(O)c2cnn(C)c2)c1F. The predicted molar refractivity (Wildman–Crippen MR) is 89.2 cm³/mol. The monoisotopic (exact) mass is 333 g/mol. The minimum atomic E-state index is -0.542. The van der Waals surface area contributed by atoms with Crippen molar-refractivity contribution in [2.24, 2.45) is 7.05 Å². The lowest BCUT2D eigenvalue weighted by atomic mass is 10.0. The summed E-state index contributed by atoms with van der Waals surface area (Å²) in [5, 5.41) is 14.6. The number of ether oxygens (including phenoxy) is 1. The number of aliphatic hydroxyl groups is 1. The third-order valence-corrected chi connectivity index (χ3v) is 4.74. The van der Waals surface area contributed by atoms with Crippen molar-refractivity contribution in [1.82, 2.24) is 14.7 Å². The fourth-order valence-electron chi connectivity index (χ4n) is 3.43. The van der Waals surface area contributed by atoms with Gasteiger partial charge in [0, 0.05) is 37.0 Å². The normalized spacial score (nSPS) is 19.6. The Morgan fingerprint density at radius 1 is 1.46 bits per heavy atom. The van der Waals surface area contributed by atoms with E-state index >= 15 is 0 Å². The van der Waals surface area contributed by atoms with Gasteiger partial charge in [-0.2, -0.15) is 5.10 Å². The molecule has 2 heterocycles. The van der Waals surface area contributed by atoms with Crippen LogP contribution in [0.3, 0.4) is 0 Å². The molecule has 1 aromatic heterocycles. The van der Waals surface area contributed by atoms with Crippen LogP contribution in [-0.2, 0) is 13.6 Å². The van der Waals surface area contributed by atoms with Crippen LogP contribution in [-0.4, -0.2) is 39.5 Å². The van der Waals surface area contributed by atoms with E-state index in [1.54, 1.807) is 23.0 Å². The Hall–Kier alpha value is -1.92. The van der Waals surface area contributed by atoms with Crippen molar-refractivity contribution < 1.29 is 14.2 Å². The number of nitrogens with zero attached hydrogens (tertiary/aromatic N) is 3. The Bertz CT molecular complexity index is 689. The highest BCUT2D eigenvalue weighted by atomic mass is 19.1. The van der Waals surface area contributed by atoms with E-state index in [1.165, 1.54) is 7.11 Å². The quantitative estimate of drug-likeness (QED) is 0.883. The van der Waals surface area contributed by atoms with Crippen LogP contribution >= 0.6 is 0 Å². The lowest BCUT2D eigenvalue weighted by Crippen LogP contribution is -2.30. The Kier molecular flexibility index (Phi) is 5.16. The molecule has 1 aliphatic heterocycles. The molecule has 0 saturated carbocycles. The summed E-state index contributed by atoms with van der Waals surface area (Å²) in [6, 6.07) is 5.48. The zero-order valence-electron chi connectivity index (χ0n) is 14.2. The lowest BCUT2D eigenvalue weighted by molar-refractivity contribution is 0.117. The van der Waals surface area contributed by atoms with Gasteiger partial charge in [0.15, 0.2) is 11.6 Å². The minimum Gasteiger partial charge on any atom is -0.494 e. The second kappa shape index (κ2) is 7.32. The summed E-state index contributed by atoms with van der Waals surface area (Å²) in [5.74, 6) is -0.0166. The number of aryl methyl sites for hydroxylation is 1. The third kappa shape index (κ3) is 3.60. The maximum Gasteiger partial charge on any atom is 0.169 e. The first-order valence-electron chi connectivity index (χ1n) is 8.30. The number of hydrogen-bond acceptors (Lipinski definition) is 4. The highest BCUT2D eigenvalue weighted by molar-refractivity contribution is 5.31. The standard InChI is InChI=1S/C18H24FN3O2/c1-21-11-14(10-20-21)16(23)9-15-6-4-8-22(15)12-13-5-3-7-17(24-2)18(13)19/h3,5,7,10-11,15-16,23H,4,6,8-9,12H2,1-2H3. The summed E-state index contributed by atoms with van der Waals surface area (Å²) in [6.45, 7) is 1.45. The Balaban J connectivity index is 1.67. The van der Waals surface area contributed by atoms with Gasteiger partial charge in [-0.1, -0.05) is 12.1 Å². The van der Waals surface area contributed by atoms with E-state index in [-0.39, 0.29) is 17.6 Å². The van der Waals surface area contributed by atoms with Crippen LogP contribution in [0.5, 0.6) is 5.75 Å². The average Bonchev–Trinajstić information content (AvgIpc) is 3.19. The molecule has 0 amide bonds. The van der Waals surface area contributed by atoms with Gasteiger partial charge in [-0.25, -0.2) is 4.39 Å². The summed E-state index contributed by atoms with van der Waals surface area (Å²) in [4.78, 5) is 2.25. The number of rotatable bonds is 6. The summed E-state index contributed by atoms with van der Waals surface area (Å²) >= 11 is 0. The number of methoxy groups -OCH3 is 1. The van der Waals surface area contributed by atoms with E-state index in [0.717, 1.165) is 24.9 Å². The van der Waals surface area contributed by atoms with E-state index in [9.17, 15) is 9.50 Å². The zero-order valence-corrected chi connectivity index (χ0v) is 14.2. The van der Waals surface area contributed by atoms with Gasteiger partial charge in [0.25, 0.3) is 0 Å². The highest BCUT2D eigenvalue weighted by Gasteiger charge is 2.28. The molecule has 0 radical (unpaired) electrons. The van der Waals surface area contributed by atoms with Crippen molar-refractivity contribution in [2.75, 3.05) is 13.7 Å². The fraction of sp³-hybridized carbons (Fsp3) is 0.500. The number of likely N-dealkylation sites (tertiary alicyclic amines) is 1. The van der Waals surface area contributed by atoms with Crippen LogP contribution in [0.1, 0.15) is 36.5 Å². The smallest absolute Gasteiger partial charge is 0.169 e. The molecule has 130 valence electrons. The maximum atomic E-state index is 14.4. The van der Waals surface area contributed by atoms with Crippen LogP contribution in [0.4, 0.5) is 4.39 Å². The average molecular weight is 333 g/mol. The number of halogens is 1. The molecule has 2 unspecified atom stereocenters. The van der Waals surface area contributed by atoms with Gasteiger partial charge in [0.2, 0.25) is 0 Å². The summed E-state index contributed by atoms with van der Waals surface area (Å²) in [7, 11) is 3.31. The van der Waals surface area contributed by atoms with Crippen LogP contribution < -0.4 is 4.74 Å². The summed E-state index contributed by atoms with van der Waals surface area (Å²) in [6.07, 6.45) is 5.72. The maximum absolute atomic E-state index is 14.4. The molecular formula is C18H24FN3O2. The summed E-state index contributed by atoms with van der Waals surface area (Å²) in [5.41, 5.74) is 1.47. The molecule has 0 bridgehead atoms. The lowest BCUT2D eigenvalue weighted by Gasteiger charge is -2.26. The van der Waals surface area contributed by atoms with Crippen LogP contribution in [0.25, 0.3) is 0 Å². The molecule has 6 heteroatoms. The fourth-order valence-corrected chi connectivity index (χ4v) is 3.43. The molecule has 1 N–H and O–H groups in total. The largest absolute Gasteiger partial charge is 0.494 e. The molecule has 24 heavy (non-hydrogen) atoms. The molecule has 2 atom stereocenters. The Labute approximate surface area is 141 Å². The van der Waals surface area contributed by atoms with E-state index in [4.69, 9.17) is 4.74 Å². The van der Waals surface area contributed by atoms with E-state index < -0.39 is 6.10 Å². The van der Waals surface area contributed by atoms with Gasteiger partial charge >= 0.3 is 0 Å². The van der Waals surface area contributed by atoms with Crippen LogP contribution in [0.2, 0.25) is 0 Å². The molecule has 1 saturated heterocycles.